The van der Waals surface area contributed by atoms with Gasteiger partial charge in [-0.2, -0.15) is 0 Å². The molecule has 0 aliphatic heterocycles. The molecule has 5 heteroatoms. The molecule has 0 heterocycles. The van der Waals surface area contributed by atoms with Crippen molar-refractivity contribution in [2.45, 2.75) is 31.7 Å². The monoisotopic (exact) mass is 330 g/mol. The summed E-state index contributed by atoms with van der Waals surface area (Å²) in [6.07, 6.45) is 4.89. The van der Waals surface area contributed by atoms with Crippen LogP contribution in [-0.2, 0) is 4.79 Å². The van der Waals surface area contributed by atoms with Gasteiger partial charge in [0.25, 0.3) is 0 Å². The van der Waals surface area contributed by atoms with E-state index in [1.54, 1.807) is 6.07 Å². The fourth-order valence-electron chi connectivity index (χ4n) is 2.15. The van der Waals surface area contributed by atoms with Gasteiger partial charge >= 0.3 is 0 Å². The van der Waals surface area contributed by atoms with Crippen molar-refractivity contribution < 1.29 is 4.79 Å². The highest BCUT2D eigenvalue weighted by atomic mass is 79.9. The molecule has 1 amide bonds. The predicted molar refractivity (Wildman–Crippen MR) is 78.0 cm³/mol. The summed E-state index contributed by atoms with van der Waals surface area (Å²) < 4.78 is 0.825. The summed E-state index contributed by atoms with van der Waals surface area (Å²) in [7, 11) is 0. The molecular formula is C13H16BrClN2O. The van der Waals surface area contributed by atoms with Crippen molar-refractivity contribution in [1.82, 2.24) is 5.32 Å². The Kier molecular flexibility index (Phi) is 5.03. The molecule has 0 radical (unpaired) electrons. The Morgan fingerprint density at radius 1 is 1.39 bits per heavy atom. The lowest BCUT2D eigenvalue weighted by atomic mass is 10.2. The molecule has 1 aliphatic rings. The highest BCUT2D eigenvalue weighted by Crippen LogP contribution is 2.25. The molecule has 1 fully saturated rings. The van der Waals surface area contributed by atoms with Gasteiger partial charge < -0.3 is 10.6 Å². The van der Waals surface area contributed by atoms with Crippen LogP contribution in [0, 0.1) is 0 Å². The summed E-state index contributed by atoms with van der Waals surface area (Å²) in [5.74, 6) is -0.0275. The highest BCUT2D eigenvalue weighted by molar-refractivity contribution is 9.10. The number of carbonyl (C=O) groups is 1. The molecule has 0 atom stereocenters. The van der Waals surface area contributed by atoms with Crippen LogP contribution in [0.25, 0.3) is 0 Å². The van der Waals surface area contributed by atoms with Gasteiger partial charge in [0.1, 0.15) is 0 Å². The number of rotatable bonds is 4. The molecule has 0 aromatic heterocycles. The summed E-state index contributed by atoms with van der Waals surface area (Å²) in [5.41, 5.74) is 0.724. The molecule has 3 nitrogen and oxygen atoms in total. The third-order valence-corrected chi connectivity index (χ3v) is 4.34. The first kappa shape index (κ1) is 13.8. The molecule has 0 saturated heterocycles. The minimum absolute atomic E-state index is 0.0275. The van der Waals surface area contributed by atoms with Gasteiger partial charge in [0.2, 0.25) is 5.91 Å². The number of benzene rings is 1. The molecule has 18 heavy (non-hydrogen) atoms. The molecule has 1 saturated carbocycles. The van der Waals surface area contributed by atoms with Gasteiger partial charge in [0.15, 0.2) is 0 Å². The maximum absolute atomic E-state index is 11.7. The van der Waals surface area contributed by atoms with E-state index in [-0.39, 0.29) is 5.91 Å². The lowest BCUT2D eigenvalue weighted by Crippen LogP contribution is -2.34. The van der Waals surface area contributed by atoms with E-state index in [1.807, 2.05) is 12.1 Å². The molecule has 2 N–H and O–H groups in total. The Morgan fingerprint density at radius 3 is 2.78 bits per heavy atom. The Bertz CT molecular complexity index is 433. The van der Waals surface area contributed by atoms with Crippen LogP contribution in [0.4, 0.5) is 5.69 Å². The summed E-state index contributed by atoms with van der Waals surface area (Å²) >= 11 is 9.28. The van der Waals surface area contributed by atoms with Crippen molar-refractivity contribution in [1.29, 1.82) is 0 Å². The molecule has 1 aromatic carbocycles. The number of hydrogen-bond donors (Lipinski definition) is 2. The second-order valence-electron chi connectivity index (χ2n) is 4.54. The smallest absolute Gasteiger partial charge is 0.238 e. The average Bonchev–Trinajstić information content (AvgIpc) is 2.84. The Balaban J connectivity index is 1.80. The Morgan fingerprint density at radius 2 is 2.11 bits per heavy atom. The number of nitrogens with one attached hydrogen (secondary N) is 2. The number of carbonyl (C=O) groups excluding carboxylic acids is 1. The SMILES string of the molecule is O=C(CNC1CCCC1)Nc1ccc(Br)c(Cl)c1. The zero-order chi connectivity index (χ0) is 13.0. The molecule has 0 spiro atoms. The number of anilines is 1. The first-order chi connectivity index (χ1) is 8.65. The summed E-state index contributed by atoms with van der Waals surface area (Å²) in [4.78, 5) is 11.7. The molecule has 1 aliphatic carbocycles. The molecular weight excluding hydrogens is 316 g/mol. The lowest BCUT2D eigenvalue weighted by molar-refractivity contribution is -0.115. The molecule has 1 aromatic rings. The van der Waals surface area contributed by atoms with Crippen LogP contribution in [0.2, 0.25) is 5.02 Å². The van der Waals surface area contributed by atoms with Crippen LogP contribution in [-0.4, -0.2) is 18.5 Å². The zero-order valence-corrected chi connectivity index (χ0v) is 12.4. The summed E-state index contributed by atoms with van der Waals surface area (Å²) in [5, 5.41) is 6.69. The molecule has 98 valence electrons. The van der Waals surface area contributed by atoms with E-state index in [4.69, 9.17) is 11.6 Å². The van der Waals surface area contributed by atoms with Crippen molar-refractivity contribution in [3.8, 4) is 0 Å². The normalized spacial score (nSPS) is 15.9. The average molecular weight is 332 g/mol. The molecule has 0 bridgehead atoms. The number of halogens is 2. The van der Waals surface area contributed by atoms with Crippen LogP contribution in [0.3, 0.4) is 0 Å². The van der Waals surface area contributed by atoms with Gasteiger partial charge in [-0.05, 0) is 47.0 Å². The van der Waals surface area contributed by atoms with Crippen molar-refractivity contribution in [2.24, 2.45) is 0 Å². The van der Waals surface area contributed by atoms with Crippen LogP contribution in [0.1, 0.15) is 25.7 Å². The van der Waals surface area contributed by atoms with Gasteiger partial charge in [-0.1, -0.05) is 24.4 Å². The Labute approximate surface area is 120 Å². The fraction of sp³-hybridized carbons (Fsp3) is 0.462. The minimum Gasteiger partial charge on any atom is -0.325 e. The van der Waals surface area contributed by atoms with Crippen molar-refractivity contribution in [3.63, 3.8) is 0 Å². The quantitative estimate of drug-likeness (QED) is 0.885. The Hall–Kier alpha value is -0.580. The van der Waals surface area contributed by atoms with E-state index in [0.717, 1.165) is 10.2 Å². The summed E-state index contributed by atoms with van der Waals surface area (Å²) in [6, 6.07) is 5.88. The second-order valence-corrected chi connectivity index (χ2v) is 5.80. The largest absolute Gasteiger partial charge is 0.325 e. The first-order valence-corrected chi connectivity index (χ1v) is 7.30. The van der Waals surface area contributed by atoms with E-state index in [0.29, 0.717) is 17.6 Å². The van der Waals surface area contributed by atoms with Crippen molar-refractivity contribution >= 4 is 39.1 Å². The number of hydrogen-bond acceptors (Lipinski definition) is 2. The second kappa shape index (κ2) is 6.55. The van der Waals surface area contributed by atoms with Crippen LogP contribution >= 0.6 is 27.5 Å². The third-order valence-electron chi connectivity index (χ3n) is 3.11. The van der Waals surface area contributed by atoms with Gasteiger partial charge in [-0.25, -0.2) is 0 Å². The zero-order valence-electron chi connectivity index (χ0n) is 10.0. The van der Waals surface area contributed by atoms with E-state index < -0.39 is 0 Å². The maximum Gasteiger partial charge on any atom is 0.238 e. The third kappa shape index (κ3) is 3.97. The van der Waals surface area contributed by atoms with Crippen molar-refractivity contribution in [3.05, 3.63) is 27.7 Å². The summed E-state index contributed by atoms with van der Waals surface area (Å²) in [6.45, 7) is 0.359. The predicted octanol–water partition coefficient (Wildman–Crippen LogP) is 3.57. The van der Waals surface area contributed by atoms with Crippen LogP contribution in [0.15, 0.2) is 22.7 Å². The topological polar surface area (TPSA) is 41.1 Å². The van der Waals surface area contributed by atoms with Crippen LogP contribution < -0.4 is 10.6 Å². The van der Waals surface area contributed by atoms with Gasteiger partial charge in [0, 0.05) is 16.2 Å². The van der Waals surface area contributed by atoms with E-state index in [2.05, 4.69) is 26.6 Å². The molecule has 2 rings (SSSR count). The van der Waals surface area contributed by atoms with E-state index in [9.17, 15) is 4.79 Å². The van der Waals surface area contributed by atoms with E-state index in [1.165, 1.54) is 25.7 Å². The van der Waals surface area contributed by atoms with Crippen molar-refractivity contribution in [2.75, 3.05) is 11.9 Å². The first-order valence-electron chi connectivity index (χ1n) is 6.13. The fourth-order valence-corrected chi connectivity index (χ4v) is 2.57. The van der Waals surface area contributed by atoms with Crippen LogP contribution in [0.5, 0.6) is 0 Å². The van der Waals surface area contributed by atoms with Gasteiger partial charge in [-0.15, -0.1) is 0 Å². The highest BCUT2D eigenvalue weighted by Gasteiger charge is 2.15. The standard InChI is InChI=1S/C13H16BrClN2O/c14-11-6-5-10(7-12(11)15)17-13(18)8-16-9-3-1-2-4-9/h5-7,9,16H,1-4,8H2,(H,17,18). The van der Waals surface area contributed by atoms with E-state index >= 15 is 0 Å². The lowest BCUT2D eigenvalue weighted by Gasteiger charge is -2.12. The van der Waals surface area contributed by atoms with Gasteiger partial charge in [-0.3, -0.25) is 4.79 Å². The maximum atomic E-state index is 11.7. The minimum atomic E-state index is -0.0275. The molecule has 0 unspecified atom stereocenters. The van der Waals surface area contributed by atoms with Gasteiger partial charge in [0.05, 0.1) is 11.6 Å². The number of amides is 1.